The first-order chi connectivity index (χ1) is 9.68. The highest BCUT2D eigenvalue weighted by molar-refractivity contribution is 5.75. The Morgan fingerprint density at radius 1 is 0.900 bits per heavy atom. The van der Waals surface area contributed by atoms with E-state index in [4.69, 9.17) is 0 Å². The topological polar surface area (TPSA) is 58.3 Å². The van der Waals surface area contributed by atoms with E-state index in [-0.39, 0.29) is 0 Å². The maximum atomic E-state index is 10.4. The van der Waals surface area contributed by atoms with E-state index in [0.29, 0.717) is 11.4 Å². The fourth-order valence-corrected chi connectivity index (χ4v) is 2.40. The molecule has 1 aromatic heterocycles. The van der Waals surface area contributed by atoms with Crippen molar-refractivity contribution in [1.29, 1.82) is 0 Å². The Bertz CT molecular complexity index is 722. The highest BCUT2D eigenvalue weighted by atomic mass is 16.3. The summed E-state index contributed by atoms with van der Waals surface area (Å²) in [5.41, 5.74) is 2.41. The van der Waals surface area contributed by atoms with Gasteiger partial charge in [0.05, 0.1) is 11.0 Å². The first-order valence-corrected chi connectivity index (χ1v) is 6.51. The summed E-state index contributed by atoms with van der Waals surface area (Å²) < 4.78 is 1.81. The molecule has 0 fully saturated rings. The van der Waals surface area contributed by atoms with Crippen molar-refractivity contribution in [3.63, 3.8) is 0 Å². The number of aliphatic hydroxyl groups excluding tert-OH is 2. The summed E-state index contributed by atoms with van der Waals surface area (Å²) in [5, 5.41) is 20.7. The first kappa shape index (κ1) is 12.8. The fraction of sp³-hybridized carbons (Fsp3) is 0.188. The Kier molecular flexibility index (Phi) is 3.26. The second-order valence-electron chi connectivity index (χ2n) is 4.82. The molecule has 2 N–H and O–H groups in total. The van der Waals surface area contributed by atoms with Gasteiger partial charge >= 0.3 is 0 Å². The second kappa shape index (κ2) is 5.07. The van der Waals surface area contributed by atoms with Crippen molar-refractivity contribution >= 4 is 11.0 Å². The second-order valence-corrected chi connectivity index (χ2v) is 4.82. The Hall–Kier alpha value is -2.17. The minimum absolute atomic E-state index is 0.461. The highest BCUT2D eigenvalue weighted by Gasteiger charge is 2.24. The summed E-state index contributed by atoms with van der Waals surface area (Å²) in [6, 6.07) is 16.8. The van der Waals surface area contributed by atoms with Gasteiger partial charge in [0, 0.05) is 7.05 Å². The SMILES string of the molecule is Cn1c([C@H](O)[C@H](O)c2ccccc2)nc2ccccc21. The lowest BCUT2D eigenvalue weighted by Gasteiger charge is -2.17. The van der Waals surface area contributed by atoms with E-state index in [1.807, 2.05) is 54.1 Å². The van der Waals surface area contributed by atoms with Gasteiger partial charge in [0.2, 0.25) is 0 Å². The molecule has 0 bridgehead atoms. The predicted octanol–water partition coefficient (Wildman–Crippen LogP) is 2.34. The van der Waals surface area contributed by atoms with Gasteiger partial charge in [-0.2, -0.15) is 0 Å². The number of aryl methyl sites for hydroxylation is 1. The Labute approximate surface area is 116 Å². The number of aromatic nitrogens is 2. The summed E-state index contributed by atoms with van der Waals surface area (Å²) in [4.78, 5) is 4.41. The Morgan fingerprint density at radius 3 is 2.25 bits per heavy atom. The molecule has 0 aliphatic heterocycles. The minimum Gasteiger partial charge on any atom is -0.385 e. The zero-order valence-electron chi connectivity index (χ0n) is 11.1. The summed E-state index contributed by atoms with van der Waals surface area (Å²) in [6.45, 7) is 0. The average Bonchev–Trinajstić information content (AvgIpc) is 2.84. The third kappa shape index (κ3) is 2.09. The lowest BCUT2D eigenvalue weighted by molar-refractivity contribution is 0.0105. The van der Waals surface area contributed by atoms with Gasteiger partial charge in [0.1, 0.15) is 18.0 Å². The summed E-state index contributed by atoms with van der Waals surface area (Å²) in [7, 11) is 1.84. The zero-order chi connectivity index (χ0) is 14.1. The van der Waals surface area contributed by atoms with E-state index < -0.39 is 12.2 Å². The van der Waals surface area contributed by atoms with Crippen molar-refractivity contribution in [2.45, 2.75) is 12.2 Å². The molecule has 0 saturated carbocycles. The molecule has 4 nitrogen and oxygen atoms in total. The van der Waals surface area contributed by atoms with Crippen molar-refractivity contribution in [2.24, 2.45) is 7.05 Å². The van der Waals surface area contributed by atoms with E-state index >= 15 is 0 Å². The van der Waals surface area contributed by atoms with Gasteiger partial charge in [-0.1, -0.05) is 42.5 Å². The van der Waals surface area contributed by atoms with Gasteiger partial charge < -0.3 is 14.8 Å². The van der Waals surface area contributed by atoms with E-state index in [1.165, 1.54) is 0 Å². The molecule has 2 aromatic carbocycles. The standard InChI is InChI=1S/C16H16N2O2/c1-18-13-10-6-5-9-12(13)17-16(18)15(20)14(19)11-7-3-2-4-8-11/h2-10,14-15,19-20H,1H3/t14-,15-/m1/s1. The molecule has 0 aliphatic carbocycles. The largest absolute Gasteiger partial charge is 0.385 e. The number of benzene rings is 2. The number of aliphatic hydroxyl groups is 2. The number of para-hydroxylation sites is 2. The number of imidazole rings is 1. The number of fused-ring (bicyclic) bond motifs is 1. The molecule has 3 aromatic rings. The third-order valence-electron chi connectivity index (χ3n) is 3.53. The van der Waals surface area contributed by atoms with Crippen LogP contribution in [0, 0.1) is 0 Å². The molecule has 0 amide bonds. The molecular weight excluding hydrogens is 252 g/mol. The molecule has 2 atom stereocenters. The van der Waals surface area contributed by atoms with Crippen LogP contribution in [0.15, 0.2) is 54.6 Å². The molecular formula is C16H16N2O2. The van der Waals surface area contributed by atoms with Gasteiger partial charge in [0.15, 0.2) is 0 Å². The molecule has 4 heteroatoms. The molecule has 102 valence electrons. The monoisotopic (exact) mass is 268 g/mol. The van der Waals surface area contributed by atoms with Gasteiger partial charge in [-0.3, -0.25) is 0 Å². The maximum Gasteiger partial charge on any atom is 0.142 e. The number of nitrogens with zero attached hydrogens (tertiary/aromatic N) is 2. The van der Waals surface area contributed by atoms with Crippen LogP contribution in [0.5, 0.6) is 0 Å². The van der Waals surface area contributed by atoms with Crippen LogP contribution < -0.4 is 0 Å². The Balaban J connectivity index is 2.00. The smallest absolute Gasteiger partial charge is 0.142 e. The van der Waals surface area contributed by atoms with Crippen LogP contribution in [0.25, 0.3) is 11.0 Å². The molecule has 1 heterocycles. The van der Waals surface area contributed by atoms with Gasteiger partial charge in [0.25, 0.3) is 0 Å². The van der Waals surface area contributed by atoms with Crippen LogP contribution in [-0.4, -0.2) is 19.8 Å². The predicted molar refractivity (Wildman–Crippen MR) is 77.1 cm³/mol. The third-order valence-corrected chi connectivity index (χ3v) is 3.53. The summed E-state index contributed by atoms with van der Waals surface area (Å²) in [6.07, 6.45) is -2.05. The van der Waals surface area contributed by atoms with Crippen LogP contribution in [0.1, 0.15) is 23.6 Å². The number of hydrogen-bond donors (Lipinski definition) is 2. The maximum absolute atomic E-state index is 10.4. The lowest BCUT2D eigenvalue weighted by Crippen LogP contribution is -2.14. The van der Waals surface area contributed by atoms with Crippen molar-refractivity contribution in [3.8, 4) is 0 Å². The molecule has 20 heavy (non-hydrogen) atoms. The van der Waals surface area contributed by atoms with Crippen LogP contribution in [0.4, 0.5) is 0 Å². The van der Waals surface area contributed by atoms with E-state index in [1.54, 1.807) is 12.1 Å². The van der Waals surface area contributed by atoms with Gasteiger partial charge in [-0.15, -0.1) is 0 Å². The normalized spacial score (nSPS) is 14.3. The minimum atomic E-state index is -1.06. The van der Waals surface area contributed by atoms with Crippen molar-refractivity contribution in [1.82, 2.24) is 9.55 Å². The molecule has 0 saturated heterocycles. The van der Waals surface area contributed by atoms with E-state index in [0.717, 1.165) is 11.0 Å². The van der Waals surface area contributed by atoms with E-state index in [9.17, 15) is 10.2 Å². The van der Waals surface area contributed by atoms with Crippen LogP contribution in [0.2, 0.25) is 0 Å². The zero-order valence-corrected chi connectivity index (χ0v) is 11.1. The van der Waals surface area contributed by atoms with Gasteiger partial charge in [-0.25, -0.2) is 4.98 Å². The molecule has 0 radical (unpaired) electrons. The number of rotatable bonds is 3. The quantitative estimate of drug-likeness (QED) is 0.766. The fourth-order valence-electron chi connectivity index (χ4n) is 2.40. The van der Waals surface area contributed by atoms with Crippen LogP contribution in [-0.2, 0) is 7.05 Å². The average molecular weight is 268 g/mol. The lowest BCUT2D eigenvalue weighted by atomic mass is 10.0. The highest BCUT2D eigenvalue weighted by Crippen LogP contribution is 2.29. The molecule has 0 aliphatic rings. The van der Waals surface area contributed by atoms with Crippen molar-refractivity contribution in [2.75, 3.05) is 0 Å². The summed E-state index contributed by atoms with van der Waals surface area (Å²) >= 11 is 0. The molecule has 0 spiro atoms. The van der Waals surface area contributed by atoms with Crippen molar-refractivity contribution in [3.05, 3.63) is 66.0 Å². The van der Waals surface area contributed by atoms with Crippen LogP contribution >= 0.6 is 0 Å². The van der Waals surface area contributed by atoms with Gasteiger partial charge in [-0.05, 0) is 17.7 Å². The number of hydrogen-bond acceptors (Lipinski definition) is 3. The molecule has 3 rings (SSSR count). The van der Waals surface area contributed by atoms with Crippen molar-refractivity contribution < 1.29 is 10.2 Å². The first-order valence-electron chi connectivity index (χ1n) is 6.51. The van der Waals surface area contributed by atoms with Crippen LogP contribution in [0.3, 0.4) is 0 Å². The summed E-state index contributed by atoms with van der Waals surface area (Å²) in [5.74, 6) is 0.461. The molecule has 0 unspecified atom stereocenters. The Morgan fingerprint density at radius 2 is 1.55 bits per heavy atom. The van der Waals surface area contributed by atoms with E-state index in [2.05, 4.69) is 4.98 Å².